The number of carboxylic acids is 1. The summed E-state index contributed by atoms with van der Waals surface area (Å²) >= 11 is 1.58. The zero-order valence-electron chi connectivity index (χ0n) is 19.0. The topological polar surface area (TPSA) is 177 Å². The number of rotatable bonds is 16. The van der Waals surface area contributed by atoms with E-state index in [1.165, 1.54) is 6.92 Å². The van der Waals surface area contributed by atoms with Gasteiger partial charge in [0.1, 0.15) is 18.1 Å². The van der Waals surface area contributed by atoms with Crippen molar-refractivity contribution in [1.82, 2.24) is 16.0 Å². The molecule has 3 amide bonds. The minimum absolute atomic E-state index is 0.192. The van der Waals surface area contributed by atoms with Crippen LogP contribution in [0.5, 0.6) is 0 Å². The van der Waals surface area contributed by atoms with Gasteiger partial charge in [0.05, 0.1) is 6.04 Å². The number of carbonyl (C=O) groups excluding carboxylic acids is 3. The fourth-order valence-electron chi connectivity index (χ4n) is 2.74. The van der Waals surface area contributed by atoms with Gasteiger partial charge >= 0.3 is 5.97 Å². The molecule has 0 aliphatic rings. The van der Waals surface area contributed by atoms with Crippen molar-refractivity contribution in [2.45, 2.75) is 77.0 Å². The molecule has 0 radical (unpaired) electrons. The number of nitrogens with one attached hydrogen (secondary N) is 3. The molecule has 5 unspecified atom stereocenters. The van der Waals surface area contributed by atoms with Gasteiger partial charge in [-0.15, -0.1) is 0 Å². The van der Waals surface area contributed by atoms with Crippen LogP contribution in [-0.4, -0.2) is 71.5 Å². The number of hydrogen-bond acceptors (Lipinski definition) is 7. The molecule has 0 spiro atoms. The highest BCUT2D eigenvalue weighted by Crippen LogP contribution is 2.11. The smallest absolute Gasteiger partial charge is 0.325 e. The van der Waals surface area contributed by atoms with Crippen LogP contribution in [0.25, 0.3) is 0 Å². The van der Waals surface area contributed by atoms with E-state index in [0.29, 0.717) is 38.6 Å². The summed E-state index contributed by atoms with van der Waals surface area (Å²) in [4.78, 5) is 49.1. The van der Waals surface area contributed by atoms with E-state index in [2.05, 4.69) is 16.0 Å². The number of amides is 3. The number of unbranched alkanes of at least 4 members (excludes halogenated alkanes) is 1. The summed E-state index contributed by atoms with van der Waals surface area (Å²) in [6, 6.07) is -3.62. The second-order valence-corrected chi connectivity index (χ2v) is 8.66. The zero-order valence-corrected chi connectivity index (χ0v) is 19.8. The predicted molar refractivity (Wildman–Crippen MR) is 122 cm³/mol. The van der Waals surface area contributed by atoms with Gasteiger partial charge in [-0.05, 0) is 57.1 Å². The summed E-state index contributed by atoms with van der Waals surface area (Å²) in [6.07, 6.45) is 4.56. The zero-order chi connectivity index (χ0) is 24.0. The van der Waals surface area contributed by atoms with Gasteiger partial charge < -0.3 is 32.5 Å². The van der Waals surface area contributed by atoms with E-state index >= 15 is 0 Å². The summed E-state index contributed by atoms with van der Waals surface area (Å²) in [7, 11) is 0. The molecular weight excluding hydrogens is 422 g/mol. The average molecular weight is 462 g/mol. The molecule has 10 nitrogen and oxygen atoms in total. The normalized spacial score (nSPS) is 15.8. The average Bonchev–Trinajstić information content (AvgIpc) is 2.73. The van der Waals surface area contributed by atoms with Crippen molar-refractivity contribution >= 4 is 35.5 Å². The van der Waals surface area contributed by atoms with Crippen molar-refractivity contribution in [2.75, 3.05) is 18.6 Å². The maximum atomic E-state index is 13.0. The lowest BCUT2D eigenvalue weighted by atomic mass is 9.97. The van der Waals surface area contributed by atoms with Crippen molar-refractivity contribution in [1.29, 1.82) is 0 Å². The van der Waals surface area contributed by atoms with Crippen LogP contribution in [-0.2, 0) is 19.2 Å². The molecule has 180 valence electrons. The Hall–Kier alpha value is -1.85. The number of hydrogen-bond donors (Lipinski definition) is 6. The Kier molecular flexibility index (Phi) is 14.9. The molecular formula is C20H39N5O5S. The third kappa shape index (κ3) is 11.4. The number of nitrogens with two attached hydrogens (primary N) is 2. The molecule has 0 aliphatic heterocycles. The SMILES string of the molecule is CCC(C)C(NC(=O)C(N)CCSC)C(=O)NC(CCCCN)C(=O)NC(C)C(=O)O. The standard InChI is InChI=1S/C20H39N5O5S/c1-5-12(2)16(25-17(26)14(22)9-11-31-4)19(28)24-15(8-6-7-10-21)18(27)23-13(3)20(29)30/h12-16H,5-11,21-22H2,1-4H3,(H,23,27)(H,24,28)(H,25,26)(H,29,30). The van der Waals surface area contributed by atoms with Crippen LogP contribution in [0.15, 0.2) is 0 Å². The summed E-state index contributed by atoms with van der Waals surface area (Å²) in [5, 5.41) is 16.8. The maximum absolute atomic E-state index is 13.0. The summed E-state index contributed by atoms with van der Waals surface area (Å²) in [5.41, 5.74) is 11.4. The molecule has 0 saturated heterocycles. The van der Waals surface area contributed by atoms with E-state index in [-0.39, 0.29) is 5.92 Å². The van der Waals surface area contributed by atoms with Gasteiger partial charge in [0.15, 0.2) is 0 Å². The molecule has 8 N–H and O–H groups in total. The van der Waals surface area contributed by atoms with Gasteiger partial charge in [-0.25, -0.2) is 0 Å². The van der Waals surface area contributed by atoms with Crippen LogP contribution in [0, 0.1) is 5.92 Å². The molecule has 0 aromatic carbocycles. The minimum atomic E-state index is -1.18. The van der Waals surface area contributed by atoms with E-state index in [1.807, 2.05) is 20.1 Å². The molecule has 0 rings (SSSR count). The van der Waals surface area contributed by atoms with Crippen LogP contribution in [0.3, 0.4) is 0 Å². The molecule has 0 aromatic rings. The molecule has 5 atom stereocenters. The van der Waals surface area contributed by atoms with Gasteiger partial charge in [-0.3, -0.25) is 19.2 Å². The highest BCUT2D eigenvalue weighted by molar-refractivity contribution is 7.98. The molecule has 0 aromatic heterocycles. The third-order valence-corrected chi connectivity index (χ3v) is 5.72. The predicted octanol–water partition coefficient (Wildman–Crippen LogP) is -0.199. The van der Waals surface area contributed by atoms with Gasteiger partial charge in [-0.2, -0.15) is 11.8 Å². The number of carboxylic acid groups (broad SMARTS) is 1. The van der Waals surface area contributed by atoms with Crippen LogP contribution in [0.2, 0.25) is 0 Å². The molecule has 0 bridgehead atoms. The fraction of sp³-hybridized carbons (Fsp3) is 0.800. The van der Waals surface area contributed by atoms with Crippen LogP contribution < -0.4 is 27.4 Å². The fourth-order valence-corrected chi connectivity index (χ4v) is 3.23. The first-order valence-corrected chi connectivity index (χ1v) is 12.1. The van der Waals surface area contributed by atoms with Gasteiger partial charge in [0.25, 0.3) is 0 Å². The van der Waals surface area contributed by atoms with Crippen molar-refractivity contribution in [2.24, 2.45) is 17.4 Å². The molecule has 0 saturated carbocycles. The lowest BCUT2D eigenvalue weighted by molar-refractivity contribution is -0.142. The highest BCUT2D eigenvalue weighted by Gasteiger charge is 2.31. The lowest BCUT2D eigenvalue weighted by Crippen LogP contribution is -2.58. The number of carbonyl (C=O) groups is 4. The Balaban J connectivity index is 5.33. The van der Waals surface area contributed by atoms with Gasteiger partial charge in [-0.1, -0.05) is 20.3 Å². The first kappa shape index (κ1) is 29.1. The van der Waals surface area contributed by atoms with E-state index in [1.54, 1.807) is 11.8 Å². The first-order valence-electron chi connectivity index (χ1n) is 10.7. The quantitative estimate of drug-likeness (QED) is 0.171. The Morgan fingerprint density at radius 1 is 0.968 bits per heavy atom. The number of aliphatic carboxylic acids is 1. The van der Waals surface area contributed by atoms with Gasteiger partial charge in [0, 0.05) is 0 Å². The molecule has 0 aliphatic carbocycles. The van der Waals surface area contributed by atoms with Gasteiger partial charge in [0.2, 0.25) is 17.7 Å². The number of thioether (sulfide) groups is 1. The van der Waals surface area contributed by atoms with Crippen LogP contribution >= 0.6 is 11.8 Å². The van der Waals surface area contributed by atoms with E-state index in [0.717, 1.165) is 5.75 Å². The molecule has 11 heteroatoms. The second kappa shape index (κ2) is 15.9. The Morgan fingerprint density at radius 2 is 1.61 bits per heavy atom. The summed E-state index contributed by atoms with van der Waals surface area (Å²) in [6.45, 7) is 5.50. The molecule has 0 heterocycles. The Bertz CT molecular complexity index is 592. The summed E-state index contributed by atoms with van der Waals surface area (Å²) in [5.74, 6) is -2.16. The van der Waals surface area contributed by atoms with Crippen LogP contribution in [0.1, 0.15) is 52.9 Å². The van der Waals surface area contributed by atoms with E-state index in [9.17, 15) is 19.2 Å². The Labute approximate surface area is 189 Å². The highest BCUT2D eigenvalue weighted by atomic mass is 32.2. The summed E-state index contributed by atoms with van der Waals surface area (Å²) < 4.78 is 0. The molecule has 31 heavy (non-hydrogen) atoms. The maximum Gasteiger partial charge on any atom is 0.325 e. The largest absolute Gasteiger partial charge is 0.480 e. The van der Waals surface area contributed by atoms with Crippen LogP contribution in [0.4, 0.5) is 0 Å². The van der Waals surface area contributed by atoms with Crippen molar-refractivity contribution in [3.63, 3.8) is 0 Å². The van der Waals surface area contributed by atoms with Crippen molar-refractivity contribution in [3.8, 4) is 0 Å². The second-order valence-electron chi connectivity index (χ2n) is 7.67. The van der Waals surface area contributed by atoms with E-state index in [4.69, 9.17) is 16.6 Å². The van der Waals surface area contributed by atoms with E-state index < -0.39 is 47.9 Å². The van der Waals surface area contributed by atoms with Crippen molar-refractivity contribution in [3.05, 3.63) is 0 Å². The monoisotopic (exact) mass is 461 g/mol. The first-order chi connectivity index (χ1) is 14.6. The Morgan fingerprint density at radius 3 is 2.13 bits per heavy atom. The van der Waals surface area contributed by atoms with Crippen molar-refractivity contribution < 1.29 is 24.3 Å². The molecule has 0 fully saturated rings. The minimum Gasteiger partial charge on any atom is -0.480 e. The third-order valence-electron chi connectivity index (χ3n) is 5.07. The lowest BCUT2D eigenvalue weighted by Gasteiger charge is -2.27.